The fourth-order valence-electron chi connectivity index (χ4n) is 2.77. The van der Waals surface area contributed by atoms with Crippen LogP contribution in [0.2, 0.25) is 0 Å². The monoisotopic (exact) mass is 367 g/mol. The first-order chi connectivity index (χ1) is 12.1. The maximum absolute atomic E-state index is 12.8. The van der Waals surface area contributed by atoms with Gasteiger partial charge in [-0.3, -0.25) is 9.69 Å². The second-order valence-corrected chi connectivity index (χ2v) is 7.92. The predicted molar refractivity (Wildman–Crippen MR) is 106 cm³/mol. The SMILES string of the molecule is Cc1ccccc1N=C1S/C(=C2\Sc3ccccc3N2C)C(=O)N1C. The number of thioether (sulfide) groups is 2. The van der Waals surface area contributed by atoms with Crippen molar-refractivity contribution < 1.29 is 4.79 Å². The van der Waals surface area contributed by atoms with Crippen molar-refractivity contribution in [1.82, 2.24) is 4.90 Å². The second kappa shape index (κ2) is 6.28. The summed E-state index contributed by atoms with van der Waals surface area (Å²) in [6.07, 6.45) is 0. The molecule has 4 nitrogen and oxygen atoms in total. The maximum Gasteiger partial charge on any atom is 0.269 e. The molecule has 2 aromatic rings. The van der Waals surface area contributed by atoms with Crippen LogP contribution in [-0.4, -0.2) is 30.1 Å². The summed E-state index contributed by atoms with van der Waals surface area (Å²) < 4.78 is 0. The molecular weight excluding hydrogens is 350 g/mol. The van der Waals surface area contributed by atoms with Crippen molar-refractivity contribution in [1.29, 1.82) is 0 Å². The molecule has 2 aliphatic rings. The zero-order chi connectivity index (χ0) is 17.6. The number of fused-ring (bicyclic) bond motifs is 1. The molecular formula is C19H17N3OS2. The zero-order valence-electron chi connectivity index (χ0n) is 14.2. The summed E-state index contributed by atoms with van der Waals surface area (Å²) in [6, 6.07) is 16.1. The third-order valence-corrected chi connectivity index (χ3v) is 6.73. The minimum atomic E-state index is -0.000472. The number of aryl methyl sites for hydroxylation is 1. The Hall–Kier alpha value is -2.18. The van der Waals surface area contributed by atoms with Gasteiger partial charge >= 0.3 is 0 Å². The van der Waals surface area contributed by atoms with Crippen LogP contribution in [-0.2, 0) is 4.79 Å². The van der Waals surface area contributed by atoms with Crippen molar-refractivity contribution in [3.8, 4) is 0 Å². The summed E-state index contributed by atoms with van der Waals surface area (Å²) in [5.41, 5.74) is 3.12. The third-order valence-electron chi connectivity index (χ3n) is 4.24. The summed E-state index contributed by atoms with van der Waals surface area (Å²) in [7, 11) is 3.79. The first-order valence-corrected chi connectivity index (χ1v) is 9.54. The van der Waals surface area contributed by atoms with Crippen molar-refractivity contribution in [2.24, 2.45) is 4.99 Å². The Morgan fingerprint density at radius 1 is 0.920 bits per heavy atom. The molecule has 2 aliphatic heterocycles. The number of amidine groups is 1. The highest BCUT2D eigenvalue weighted by atomic mass is 32.2. The molecule has 0 unspecified atom stereocenters. The topological polar surface area (TPSA) is 35.9 Å². The number of nitrogens with zero attached hydrogens (tertiary/aromatic N) is 3. The van der Waals surface area contributed by atoms with Gasteiger partial charge in [-0.05, 0) is 42.4 Å². The van der Waals surface area contributed by atoms with E-state index in [0.717, 1.165) is 26.9 Å². The lowest BCUT2D eigenvalue weighted by atomic mass is 10.2. The lowest BCUT2D eigenvalue weighted by Crippen LogP contribution is -2.24. The molecule has 0 atom stereocenters. The molecule has 4 rings (SSSR count). The third kappa shape index (κ3) is 2.75. The Kier molecular flexibility index (Phi) is 4.09. The van der Waals surface area contributed by atoms with Crippen LogP contribution in [0.4, 0.5) is 11.4 Å². The standard InChI is InChI=1S/C19H17N3OS2/c1-12-8-4-5-9-13(12)20-19-22(3)17(23)16(25-19)18-21(2)14-10-6-7-11-15(14)24-18/h4-11H,1-3H3/b18-16-,20-19?. The van der Waals surface area contributed by atoms with E-state index in [1.165, 1.54) is 16.7 Å². The van der Waals surface area contributed by atoms with Gasteiger partial charge in [-0.2, -0.15) is 0 Å². The summed E-state index contributed by atoms with van der Waals surface area (Å²) in [6.45, 7) is 2.03. The number of carbonyl (C=O) groups is 1. The predicted octanol–water partition coefficient (Wildman–Crippen LogP) is 4.60. The number of carbonyl (C=O) groups excluding carboxylic acids is 1. The van der Waals surface area contributed by atoms with E-state index in [9.17, 15) is 4.79 Å². The van der Waals surface area contributed by atoms with Crippen LogP contribution >= 0.6 is 23.5 Å². The maximum atomic E-state index is 12.8. The van der Waals surface area contributed by atoms with Crippen LogP contribution in [0.25, 0.3) is 0 Å². The number of rotatable bonds is 1. The van der Waals surface area contributed by atoms with E-state index in [2.05, 4.69) is 17.0 Å². The Labute approximate surface area is 155 Å². The smallest absolute Gasteiger partial charge is 0.269 e. The molecule has 2 aromatic carbocycles. The number of aliphatic imine (C=N–C) groups is 1. The average Bonchev–Trinajstić information content (AvgIpc) is 3.09. The van der Waals surface area contributed by atoms with Crippen LogP contribution in [0.15, 0.2) is 68.4 Å². The van der Waals surface area contributed by atoms with Crippen LogP contribution in [0.3, 0.4) is 0 Å². The van der Waals surface area contributed by atoms with Crippen molar-refractivity contribution >= 4 is 46.0 Å². The van der Waals surface area contributed by atoms with Gasteiger partial charge in [0.2, 0.25) is 0 Å². The summed E-state index contributed by atoms with van der Waals surface area (Å²) in [5, 5.41) is 1.68. The molecule has 2 heterocycles. The average molecular weight is 367 g/mol. The van der Waals surface area contributed by atoms with E-state index >= 15 is 0 Å². The van der Waals surface area contributed by atoms with E-state index in [1.807, 2.05) is 50.4 Å². The first kappa shape index (κ1) is 16.3. The minimum absolute atomic E-state index is 0.000472. The lowest BCUT2D eigenvalue weighted by Gasteiger charge is -2.14. The van der Waals surface area contributed by atoms with E-state index in [-0.39, 0.29) is 5.91 Å². The van der Waals surface area contributed by atoms with Gasteiger partial charge in [-0.25, -0.2) is 4.99 Å². The molecule has 0 aliphatic carbocycles. The number of amides is 1. The Morgan fingerprint density at radius 3 is 2.40 bits per heavy atom. The van der Waals surface area contributed by atoms with E-state index in [1.54, 1.807) is 23.7 Å². The molecule has 0 radical (unpaired) electrons. The number of para-hydroxylation sites is 2. The highest BCUT2D eigenvalue weighted by Gasteiger charge is 2.37. The number of likely N-dealkylation sites (N-methyl/N-ethyl adjacent to an activating group) is 1. The van der Waals surface area contributed by atoms with Gasteiger partial charge in [0, 0.05) is 19.0 Å². The van der Waals surface area contributed by atoms with E-state index < -0.39 is 0 Å². The molecule has 0 saturated carbocycles. The van der Waals surface area contributed by atoms with Crippen LogP contribution in [0.1, 0.15) is 5.56 Å². The van der Waals surface area contributed by atoms with Crippen molar-refractivity contribution in [2.75, 3.05) is 19.0 Å². The van der Waals surface area contributed by atoms with Gasteiger partial charge in [-0.15, -0.1) is 0 Å². The number of hydrogen-bond acceptors (Lipinski definition) is 5. The van der Waals surface area contributed by atoms with E-state index in [0.29, 0.717) is 5.17 Å². The van der Waals surface area contributed by atoms with Crippen molar-refractivity contribution in [3.05, 3.63) is 64.0 Å². The fourth-order valence-corrected chi connectivity index (χ4v) is 5.09. The molecule has 0 spiro atoms. The molecule has 1 saturated heterocycles. The van der Waals surface area contributed by atoms with Crippen LogP contribution in [0, 0.1) is 6.92 Å². The Bertz CT molecular complexity index is 936. The molecule has 1 fully saturated rings. The quantitative estimate of drug-likeness (QED) is 0.690. The number of benzene rings is 2. The van der Waals surface area contributed by atoms with Gasteiger partial charge in [0.1, 0.15) is 4.91 Å². The highest BCUT2D eigenvalue weighted by molar-refractivity contribution is 8.19. The molecule has 6 heteroatoms. The molecule has 0 bridgehead atoms. The van der Waals surface area contributed by atoms with Gasteiger partial charge < -0.3 is 4.90 Å². The lowest BCUT2D eigenvalue weighted by molar-refractivity contribution is -0.121. The second-order valence-electron chi connectivity index (χ2n) is 5.91. The highest BCUT2D eigenvalue weighted by Crippen LogP contribution is 2.49. The minimum Gasteiger partial charge on any atom is -0.337 e. The number of hydrogen-bond donors (Lipinski definition) is 0. The van der Waals surface area contributed by atoms with Gasteiger partial charge in [-0.1, -0.05) is 42.1 Å². The van der Waals surface area contributed by atoms with Gasteiger partial charge in [0.15, 0.2) is 5.17 Å². The molecule has 126 valence electrons. The zero-order valence-corrected chi connectivity index (χ0v) is 15.8. The molecule has 0 aromatic heterocycles. The van der Waals surface area contributed by atoms with Crippen LogP contribution < -0.4 is 4.90 Å². The Morgan fingerprint density at radius 2 is 1.64 bits per heavy atom. The summed E-state index contributed by atoms with van der Waals surface area (Å²) >= 11 is 3.09. The van der Waals surface area contributed by atoms with E-state index in [4.69, 9.17) is 4.99 Å². The molecule has 1 amide bonds. The van der Waals surface area contributed by atoms with Crippen LogP contribution in [0.5, 0.6) is 0 Å². The van der Waals surface area contributed by atoms with Crippen molar-refractivity contribution in [2.45, 2.75) is 11.8 Å². The number of anilines is 1. The summed E-state index contributed by atoms with van der Waals surface area (Å²) in [5.74, 6) is -0.000472. The molecule has 25 heavy (non-hydrogen) atoms. The first-order valence-electron chi connectivity index (χ1n) is 7.91. The van der Waals surface area contributed by atoms with Gasteiger partial charge in [0.05, 0.1) is 16.4 Å². The molecule has 0 N–H and O–H groups in total. The van der Waals surface area contributed by atoms with Crippen molar-refractivity contribution in [3.63, 3.8) is 0 Å². The Balaban J connectivity index is 1.72. The van der Waals surface area contributed by atoms with Gasteiger partial charge in [0.25, 0.3) is 5.91 Å². The largest absolute Gasteiger partial charge is 0.337 e. The normalized spacial score (nSPS) is 21.4. The fraction of sp³-hybridized carbons (Fsp3) is 0.158. The summed E-state index contributed by atoms with van der Waals surface area (Å²) in [4.78, 5) is 23.1.